The number of allylic oxidation sites excluding steroid dienone is 1. The molecule has 0 bridgehead atoms. The Labute approximate surface area is 269 Å². The van der Waals surface area contributed by atoms with Crippen LogP contribution in [0.1, 0.15) is 43.0 Å². The smallest absolute Gasteiger partial charge is 0.338 e. The maximum atomic E-state index is 14.0. The Morgan fingerprint density at radius 1 is 1.00 bits per heavy atom. The minimum atomic E-state index is -0.667. The summed E-state index contributed by atoms with van der Waals surface area (Å²) in [5.74, 6) is 0.406. The molecule has 6 rings (SSSR count). The fourth-order valence-corrected chi connectivity index (χ4v) is 6.90. The molecule has 1 atom stereocenters. The number of carbonyl (C=O) groups is 1. The van der Waals surface area contributed by atoms with Crippen molar-refractivity contribution >= 4 is 45.8 Å². The maximum absolute atomic E-state index is 14.0. The average molecular weight is 639 g/mol. The molecule has 7 nitrogen and oxygen atoms in total. The zero-order chi connectivity index (χ0) is 31.5. The van der Waals surface area contributed by atoms with E-state index in [1.165, 1.54) is 18.4 Å². The summed E-state index contributed by atoms with van der Waals surface area (Å²) >= 11 is 8.05. The van der Waals surface area contributed by atoms with Crippen LogP contribution < -0.4 is 24.4 Å². The fourth-order valence-electron chi connectivity index (χ4n) is 5.61. The summed E-state index contributed by atoms with van der Waals surface area (Å²) in [6.45, 7) is 4.53. The number of hydrogen-bond acceptors (Lipinski definition) is 7. The Morgan fingerprint density at radius 3 is 2.51 bits per heavy atom. The second kappa shape index (κ2) is 13.1. The largest absolute Gasteiger partial charge is 0.490 e. The van der Waals surface area contributed by atoms with E-state index < -0.39 is 12.0 Å². The highest BCUT2D eigenvalue weighted by Crippen LogP contribution is 2.38. The average Bonchev–Trinajstić information content (AvgIpc) is 3.37. The topological polar surface area (TPSA) is 79.1 Å². The summed E-state index contributed by atoms with van der Waals surface area (Å²) in [7, 11) is 1.34. The zero-order valence-corrected chi connectivity index (χ0v) is 26.7. The molecule has 9 heteroatoms. The molecule has 1 aliphatic rings. The van der Waals surface area contributed by atoms with Gasteiger partial charge in [-0.15, -0.1) is 0 Å². The van der Waals surface area contributed by atoms with E-state index in [0.29, 0.717) is 62.3 Å². The molecule has 0 unspecified atom stereocenters. The summed E-state index contributed by atoms with van der Waals surface area (Å²) < 4.78 is 19.4. The number of methoxy groups -OCH3 is 1. The number of hydrogen-bond donors (Lipinski definition) is 0. The van der Waals surface area contributed by atoms with Crippen molar-refractivity contribution in [3.63, 3.8) is 0 Å². The van der Waals surface area contributed by atoms with Gasteiger partial charge in [-0.3, -0.25) is 9.36 Å². The molecule has 1 aliphatic heterocycles. The van der Waals surface area contributed by atoms with Gasteiger partial charge in [-0.25, -0.2) is 9.79 Å². The lowest BCUT2D eigenvalue weighted by atomic mass is 9.95. The predicted octanol–water partition coefficient (Wildman–Crippen LogP) is 6.58. The second-order valence-electron chi connectivity index (χ2n) is 10.4. The van der Waals surface area contributed by atoms with E-state index in [-0.39, 0.29) is 5.56 Å². The van der Waals surface area contributed by atoms with E-state index in [1.54, 1.807) is 16.7 Å². The molecule has 4 aromatic carbocycles. The second-order valence-corrected chi connectivity index (χ2v) is 11.8. The molecular formula is C36H31ClN2O5S. The van der Waals surface area contributed by atoms with Gasteiger partial charge in [0.2, 0.25) is 0 Å². The number of halogens is 1. The van der Waals surface area contributed by atoms with Gasteiger partial charge in [0.15, 0.2) is 16.3 Å². The molecule has 0 saturated carbocycles. The van der Waals surface area contributed by atoms with E-state index in [4.69, 9.17) is 30.8 Å². The van der Waals surface area contributed by atoms with Gasteiger partial charge in [0, 0.05) is 0 Å². The third-order valence-corrected chi connectivity index (χ3v) is 8.91. The van der Waals surface area contributed by atoms with Gasteiger partial charge in [0.1, 0.15) is 6.61 Å². The molecule has 0 radical (unpaired) electrons. The van der Waals surface area contributed by atoms with Crippen LogP contribution in [0.2, 0.25) is 5.02 Å². The highest BCUT2D eigenvalue weighted by molar-refractivity contribution is 7.07. The van der Waals surface area contributed by atoms with Crippen molar-refractivity contribution in [1.29, 1.82) is 0 Å². The predicted molar refractivity (Wildman–Crippen MR) is 178 cm³/mol. The highest BCUT2D eigenvalue weighted by atomic mass is 35.5. The molecule has 0 aliphatic carbocycles. The number of ether oxygens (including phenoxy) is 3. The van der Waals surface area contributed by atoms with Crippen molar-refractivity contribution in [3.8, 4) is 11.5 Å². The van der Waals surface area contributed by atoms with Crippen molar-refractivity contribution in [1.82, 2.24) is 4.57 Å². The van der Waals surface area contributed by atoms with Crippen LogP contribution in [-0.4, -0.2) is 24.3 Å². The molecule has 2 heterocycles. The Kier molecular flexibility index (Phi) is 8.87. The first kappa shape index (κ1) is 30.4. The molecule has 45 heavy (non-hydrogen) atoms. The standard InChI is InChI=1S/C36H31ClN2O5S/c1-4-28-31(35(41)42-3)32(24-13-7-6-8-14-24)39-34(40)30(45-36(39)38-28)20-22-18-27(37)33(29(19-22)43-5-2)44-21-25-16-11-15-23-12-9-10-17-26(23)25/h6-20,32H,4-5,21H2,1-3H3/b30-20-/t32-/m0/s1. The van der Waals surface area contributed by atoms with Crippen molar-refractivity contribution in [2.45, 2.75) is 32.9 Å². The molecule has 0 amide bonds. The van der Waals surface area contributed by atoms with Crippen LogP contribution in [0.5, 0.6) is 11.5 Å². The molecule has 1 aromatic heterocycles. The summed E-state index contributed by atoms with van der Waals surface area (Å²) in [4.78, 5) is 32.3. The lowest BCUT2D eigenvalue weighted by Gasteiger charge is -2.25. The van der Waals surface area contributed by atoms with Crippen LogP contribution in [0.3, 0.4) is 0 Å². The van der Waals surface area contributed by atoms with E-state index in [2.05, 4.69) is 18.2 Å². The van der Waals surface area contributed by atoms with E-state index >= 15 is 0 Å². The third kappa shape index (κ3) is 5.91. The Morgan fingerprint density at radius 2 is 1.76 bits per heavy atom. The van der Waals surface area contributed by atoms with Gasteiger partial charge in [0.25, 0.3) is 5.56 Å². The number of thiazole rings is 1. The quantitative estimate of drug-likeness (QED) is 0.170. The van der Waals surface area contributed by atoms with Gasteiger partial charge in [-0.2, -0.15) is 0 Å². The van der Waals surface area contributed by atoms with Crippen molar-refractivity contribution in [2.24, 2.45) is 4.99 Å². The van der Waals surface area contributed by atoms with Crippen molar-refractivity contribution < 1.29 is 19.0 Å². The first-order valence-electron chi connectivity index (χ1n) is 14.7. The first-order valence-corrected chi connectivity index (χ1v) is 15.9. The Balaban J connectivity index is 1.42. The number of rotatable bonds is 9. The lowest BCUT2D eigenvalue weighted by molar-refractivity contribution is -0.136. The van der Waals surface area contributed by atoms with Crippen molar-refractivity contribution in [2.75, 3.05) is 13.7 Å². The molecule has 0 saturated heterocycles. The fraction of sp³-hybridized carbons (Fsp3) is 0.194. The van der Waals surface area contributed by atoms with Gasteiger partial charge in [-0.05, 0) is 59.0 Å². The summed E-state index contributed by atoms with van der Waals surface area (Å²) in [5, 5.41) is 2.60. The van der Waals surface area contributed by atoms with Crippen LogP contribution in [0.4, 0.5) is 0 Å². The lowest BCUT2D eigenvalue weighted by Crippen LogP contribution is -2.40. The number of carbonyl (C=O) groups excluding carboxylic acids is 1. The normalized spacial score (nSPS) is 14.7. The molecule has 0 spiro atoms. The molecule has 228 valence electrons. The van der Waals surface area contributed by atoms with E-state index in [9.17, 15) is 9.59 Å². The minimum absolute atomic E-state index is 0.269. The van der Waals surface area contributed by atoms with Crippen LogP contribution in [-0.2, 0) is 16.1 Å². The third-order valence-electron chi connectivity index (χ3n) is 7.65. The Bertz CT molecular complexity index is 2110. The van der Waals surface area contributed by atoms with E-state index in [1.807, 2.05) is 74.5 Å². The van der Waals surface area contributed by atoms with Gasteiger partial charge in [-0.1, -0.05) is 103 Å². The first-order chi connectivity index (χ1) is 21.9. The number of fused-ring (bicyclic) bond motifs is 2. The van der Waals surface area contributed by atoms with Crippen LogP contribution >= 0.6 is 22.9 Å². The van der Waals surface area contributed by atoms with Gasteiger partial charge >= 0.3 is 5.97 Å². The van der Waals surface area contributed by atoms with Crippen LogP contribution in [0.15, 0.2) is 106 Å². The van der Waals surface area contributed by atoms with Gasteiger partial charge < -0.3 is 14.2 Å². The summed E-state index contributed by atoms with van der Waals surface area (Å²) in [5.41, 5.74) is 3.18. The van der Waals surface area contributed by atoms with E-state index in [0.717, 1.165) is 21.9 Å². The minimum Gasteiger partial charge on any atom is -0.490 e. The summed E-state index contributed by atoms with van der Waals surface area (Å²) in [6.07, 6.45) is 2.27. The number of aromatic nitrogens is 1. The van der Waals surface area contributed by atoms with Crippen LogP contribution in [0.25, 0.3) is 16.8 Å². The zero-order valence-electron chi connectivity index (χ0n) is 25.1. The van der Waals surface area contributed by atoms with Crippen LogP contribution in [0, 0.1) is 0 Å². The highest BCUT2D eigenvalue weighted by Gasteiger charge is 2.33. The van der Waals surface area contributed by atoms with Gasteiger partial charge in [0.05, 0.1) is 40.6 Å². The number of esters is 1. The number of nitrogens with zero attached hydrogens (tertiary/aromatic N) is 2. The maximum Gasteiger partial charge on any atom is 0.338 e. The Hall–Kier alpha value is -4.66. The van der Waals surface area contributed by atoms with Crippen molar-refractivity contribution in [3.05, 3.63) is 138 Å². The molecular weight excluding hydrogens is 608 g/mol. The summed E-state index contributed by atoms with van der Waals surface area (Å²) in [6, 6.07) is 26.6. The monoisotopic (exact) mass is 638 g/mol. The molecule has 0 fully saturated rings. The SMILES string of the molecule is CCOc1cc(/C=c2\sc3n(c2=O)[C@@H](c2ccccc2)C(C(=O)OC)=C(CC)N=3)cc(Cl)c1OCc1cccc2ccccc12. The number of benzene rings is 4. The molecule has 0 N–H and O–H groups in total. The molecule has 5 aromatic rings.